The predicted octanol–water partition coefficient (Wildman–Crippen LogP) is 2.43. The van der Waals surface area contributed by atoms with Gasteiger partial charge in [0.05, 0.1) is 24.3 Å². The van der Waals surface area contributed by atoms with Crippen LogP contribution in [0.4, 0.5) is 0 Å². The van der Waals surface area contributed by atoms with Crippen molar-refractivity contribution in [1.82, 2.24) is 14.9 Å². The molecule has 22 heavy (non-hydrogen) atoms. The second kappa shape index (κ2) is 5.30. The molecule has 2 aliphatic rings. The normalized spacial score (nSPS) is 19.7. The molecule has 0 aromatic carbocycles. The Bertz CT molecular complexity index is 588. The number of hydrogen-bond donors (Lipinski definition) is 0. The summed E-state index contributed by atoms with van der Waals surface area (Å²) in [5, 5.41) is 0. The Morgan fingerprint density at radius 2 is 2.09 bits per heavy atom. The lowest BCUT2D eigenvalue weighted by atomic mass is 9.68. The number of fused-ring (bicyclic) bond motifs is 1. The van der Waals surface area contributed by atoms with Gasteiger partial charge in [-0.1, -0.05) is 27.2 Å². The smallest absolute Gasteiger partial charge is 0.231 e. The molecule has 3 rings (SSSR count). The fourth-order valence-corrected chi connectivity index (χ4v) is 3.29. The summed E-state index contributed by atoms with van der Waals surface area (Å²) in [6.07, 6.45) is 4.88. The molecule has 0 atom stereocenters. The number of nitrogens with zero attached hydrogens (tertiary/aromatic N) is 3. The first-order valence-electron chi connectivity index (χ1n) is 7.99. The van der Waals surface area contributed by atoms with Crippen molar-refractivity contribution in [1.29, 1.82) is 0 Å². The van der Waals surface area contributed by atoms with Crippen LogP contribution in [0.5, 0.6) is 0 Å². The maximum Gasteiger partial charge on any atom is 0.231 e. The number of rotatable bonds is 3. The molecule has 120 valence electrons. The van der Waals surface area contributed by atoms with Gasteiger partial charge >= 0.3 is 0 Å². The van der Waals surface area contributed by atoms with Gasteiger partial charge in [0.15, 0.2) is 0 Å². The molecule has 0 radical (unpaired) electrons. The van der Waals surface area contributed by atoms with E-state index in [0.29, 0.717) is 19.7 Å². The molecule has 0 bridgehead atoms. The zero-order chi connectivity index (χ0) is 16.0. The van der Waals surface area contributed by atoms with Gasteiger partial charge in [0, 0.05) is 30.8 Å². The maximum atomic E-state index is 12.9. The molecule has 0 N–H and O–H groups in total. The van der Waals surface area contributed by atoms with Gasteiger partial charge in [0.1, 0.15) is 5.82 Å². The summed E-state index contributed by atoms with van der Waals surface area (Å²) < 4.78 is 5.30. The summed E-state index contributed by atoms with van der Waals surface area (Å²) >= 11 is 0. The van der Waals surface area contributed by atoms with Crippen LogP contribution in [0.3, 0.4) is 0 Å². The van der Waals surface area contributed by atoms with Crippen molar-refractivity contribution in [3.8, 4) is 0 Å². The van der Waals surface area contributed by atoms with Crippen molar-refractivity contribution >= 4 is 5.91 Å². The van der Waals surface area contributed by atoms with Crippen LogP contribution in [-0.2, 0) is 28.0 Å². The largest absolute Gasteiger partial charge is 0.384 e. The van der Waals surface area contributed by atoms with Crippen LogP contribution >= 0.6 is 0 Å². The van der Waals surface area contributed by atoms with Crippen LogP contribution in [0.25, 0.3) is 0 Å². The number of carbonyl (C=O) groups is 1. The van der Waals surface area contributed by atoms with Gasteiger partial charge in [-0.2, -0.15) is 0 Å². The minimum absolute atomic E-state index is 0.0717. The van der Waals surface area contributed by atoms with Crippen LogP contribution in [-0.4, -0.2) is 34.5 Å². The van der Waals surface area contributed by atoms with E-state index in [-0.39, 0.29) is 16.7 Å². The third kappa shape index (κ3) is 2.51. The first kappa shape index (κ1) is 15.4. The van der Waals surface area contributed by atoms with Gasteiger partial charge in [-0.05, 0) is 12.8 Å². The fourth-order valence-electron chi connectivity index (χ4n) is 3.29. The molecule has 0 saturated heterocycles. The molecule has 2 heterocycles. The third-order valence-corrected chi connectivity index (χ3v) is 4.80. The van der Waals surface area contributed by atoms with Gasteiger partial charge < -0.3 is 9.64 Å². The van der Waals surface area contributed by atoms with Crippen molar-refractivity contribution in [2.75, 3.05) is 13.7 Å². The topological polar surface area (TPSA) is 55.3 Å². The number of aromatic nitrogens is 2. The third-order valence-electron chi connectivity index (χ3n) is 4.80. The van der Waals surface area contributed by atoms with E-state index in [1.807, 2.05) is 11.1 Å². The maximum absolute atomic E-state index is 12.9. The molecule has 1 aromatic heterocycles. The summed E-state index contributed by atoms with van der Waals surface area (Å²) in [6.45, 7) is 8.07. The molecule has 1 aromatic rings. The van der Waals surface area contributed by atoms with Gasteiger partial charge in [-0.15, -0.1) is 0 Å². The number of carbonyl (C=O) groups excluding carboxylic acids is 1. The van der Waals surface area contributed by atoms with Crippen molar-refractivity contribution in [3.63, 3.8) is 0 Å². The van der Waals surface area contributed by atoms with Crippen LogP contribution in [0, 0.1) is 5.41 Å². The molecule has 0 unspecified atom stereocenters. The van der Waals surface area contributed by atoms with Gasteiger partial charge in [0.2, 0.25) is 5.91 Å². The average Bonchev–Trinajstić information content (AvgIpc) is 2.84. The summed E-state index contributed by atoms with van der Waals surface area (Å²) in [7, 11) is 1.67. The number of amides is 1. The lowest BCUT2D eigenvalue weighted by Gasteiger charge is -2.41. The molecular weight excluding hydrogens is 278 g/mol. The Kier molecular flexibility index (Phi) is 3.71. The van der Waals surface area contributed by atoms with Crippen LogP contribution in [0.1, 0.15) is 57.1 Å². The lowest BCUT2D eigenvalue weighted by molar-refractivity contribution is -0.152. The summed E-state index contributed by atoms with van der Waals surface area (Å²) in [4.78, 5) is 24.0. The zero-order valence-electron chi connectivity index (χ0n) is 14.0. The van der Waals surface area contributed by atoms with Crippen molar-refractivity contribution in [3.05, 3.63) is 23.3 Å². The van der Waals surface area contributed by atoms with Gasteiger partial charge in [-0.3, -0.25) is 4.79 Å². The minimum Gasteiger partial charge on any atom is -0.384 e. The zero-order valence-corrected chi connectivity index (χ0v) is 14.0. The predicted molar refractivity (Wildman–Crippen MR) is 83.1 cm³/mol. The molecule has 1 fully saturated rings. The lowest BCUT2D eigenvalue weighted by Crippen LogP contribution is -2.48. The average molecular weight is 303 g/mol. The van der Waals surface area contributed by atoms with Crippen LogP contribution < -0.4 is 0 Å². The molecule has 0 spiro atoms. The Labute approximate surface area is 132 Å². The van der Waals surface area contributed by atoms with E-state index >= 15 is 0 Å². The summed E-state index contributed by atoms with van der Waals surface area (Å²) in [5.41, 5.74) is 1.71. The van der Waals surface area contributed by atoms with E-state index in [0.717, 1.165) is 36.3 Å². The standard InChI is InChI=1S/C17H25N3O2/c1-16(2,3)14-18-8-12-9-20(10-13(12)19-14)15(21)17(11-22-4)6-5-7-17/h8H,5-7,9-11H2,1-4H3. The van der Waals surface area contributed by atoms with E-state index in [1.165, 1.54) is 0 Å². The monoisotopic (exact) mass is 303 g/mol. The second-order valence-corrected chi connectivity index (χ2v) is 7.64. The van der Waals surface area contributed by atoms with E-state index in [9.17, 15) is 4.79 Å². The van der Waals surface area contributed by atoms with E-state index in [4.69, 9.17) is 9.72 Å². The van der Waals surface area contributed by atoms with E-state index in [2.05, 4.69) is 25.8 Å². The highest BCUT2D eigenvalue weighted by molar-refractivity contribution is 5.84. The number of methoxy groups -OCH3 is 1. The quantitative estimate of drug-likeness (QED) is 0.860. The molecular formula is C17H25N3O2. The number of hydrogen-bond acceptors (Lipinski definition) is 4. The highest BCUT2D eigenvalue weighted by atomic mass is 16.5. The first-order chi connectivity index (χ1) is 10.4. The van der Waals surface area contributed by atoms with Gasteiger partial charge in [-0.25, -0.2) is 9.97 Å². The molecule has 1 aliphatic heterocycles. The highest BCUT2D eigenvalue weighted by Crippen LogP contribution is 2.44. The van der Waals surface area contributed by atoms with Crippen LogP contribution in [0.15, 0.2) is 6.20 Å². The summed E-state index contributed by atoms with van der Waals surface area (Å²) in [5.74, 6) is 1.06. The molecule has 1 saturated carbocycles. The van der Waals surface area contributed by atoms with Crippen molar-refractivity contribution in [2.24, 2.45) is 5.41 Å². The summed E-state index contributed by atoms with van der Waals surface area (Å²) in [6, 6.07) is 0. The van der Waals surface area contributed by atoms with Crippen LogP contribution in [0.2, 0.25) is 0 Å². The van der Waals surface area contributed by atoms with Crippen molar-refractivity contribution < 1.29 is 9.53 Å². The van der Waals surface area contributed by atoms with E-state index in [1.54, 1.807) is 7.11 Å². The Balaban J connectivity index is 1.78. The Morgan fingerprint density at radius 3 is 2.64 bits per heavy atom. The molecule has 5 heteroatoms. The number of ether oxygens (including phenoxy) is 1. The SMILES string of the molecule is COCC1(C(=O)N2Cc3cnc(C(C)(C)C)nc3C2)CCC1. The molecule has 1 aliphatic carbocycles. The minimum atomic E-state index is -0.295. The first-order valence-corrected chi connectivity index (χ1v) is 7.99. The fraction of sp³-hybridized carbons (Fsp3) is 0.706. The molecule has 1 amide bonds. The van der Waals surface area contributed by atoms with E-state index < -0.39 is 0 Å². The Hall–Kier alpha value is -1.49. The highest BCUT2D eigenvalue weighted by Gasteiger charge is 2.47. The molecule has 5 nitrogen and oxygen atoms in total. The van der Waals surface area contributed by atoms with Crippen molar-refractivity contribution in [2.45, 2.75) is 58.5 Å². The van der Waals surface area contributed by atoms with Gasteiger partial charge in [0.25, 0.3) is 0 Å². The Morgan fingerprint density at radius 1 is 1.36 bits per heavy atom. The second-order valence-electron chi connectivity index (χ2n) is 7.64.